The minimum atomic E-state index is 0.0648. The first-order valence-corrected chi connectivity index (χ1v) is 6.64. The van der Waals surface area contributed by atoms with E-state index in [1.807, 2.05) is 30.3 Å². The Balaban J connectivity index is 1.66. The van der Waals surface area contributed by atoms with Gasteiger partial charge in [-0.15, -0.1) is 0 Å². The van der Waals surface area contributed by atoms with E-state index < -0.39 is 0 Å². The number of amides is 1. The molecule has 0 aromatic heterocycles. The Kier molecular flexibility index (Phi) is 4.02. The molecule has 1 saturated carbocycles. The maximum atomic E-state index is 11.7. The Hall–Kier alpha value is -1.35. The molecular weight excluding hydrogens is 224 g/mol. The fourth-order valence-electron chi connectivity index (χ4n) is 1.98. The molecule has 18 heavy (non-hydrogen) atoms. The lowest BCUT2D eigenvalue weighted by molar-refractivity contribution is -0.120. The molecule has 2 rings (SSSR count). The van der Waals surface area contributed by atoms with Crippen LogP contribution in [0.15, 0.2) is 30.3 Å². The van der Waals surface area contributed by atoms with Gasteiger partial charge in [-0.1, -0.05) is 37.3 Å². The fraction of sp³-hybridized carbons (Fsp3) is 0.533. The van der Waals surface area contributed by atoms with Gasteiger partial charge in [-0.05, 0) is 30.7 Å². The maximum Gasteiger partial charge on any atom is 0.234 e. The summed E-state index contributed by atoms with van der Waals surface area (Å²) < 4.78 is 0. The predicted octanol–water partition coefficient (Wildman–Crippen LogP) is 2.08. The van der Waals surface area contributed by atoms with Gasteiger partial charge in [0, 0.05) is 12.6 Å². The highest BCUT2D eigenvalue weighted by molar-refractivity contribution is 5.78. The highest BCUT2D eigenvalue weighted by Crippen LogP contribution is 2.47. The van der Waals surface area contributed by atoms with Crippen LogP contribution in [0.3, 0.4) is 0 Å². The molecule has 0 bridgehead atoms. The molecule has 1 aromatic carbocycles. The summed E-state index contributed by atoms with van der Waals surface area (Å²) in [5.41, 5.74) is 1.55. The van der Waals surface area contributed by atoms with Gasteiger partial charge < -0.3 is 10.6 Å². The number of nitrogens with one attached hydrogen (secondary N) is 2. The van der Waals surface area contributed by atoms with E-state index in [1.165, 1.54) is 12.8 Å². The quantitative estimate of drug-likeness (QED) is 0.807. The molecule has 1 unspecified atom stereocenters. The van der Waals surface area contributed by atoms with Gasteiger partial charge in [0.15, 0.2) is 0 Å². The van der Waals surface area contributed by atoms with Gasteiger partial charge in [0.25, 0.3) is 0 Å². The number of hydrogen-bond acceptors (Lipinski definition) is 2. The summed E-state index contributed by atoms with van der Waals surface area (Å²) in [6.07, 6.45) is 2.54. The van der Waals surface area contributed by atoms with E-state index in [4.69, 9.17) is 0 Å². The van der Waals surface area contributed by atoms with Crippen molar-refractivity contribution in [2.24, 2.45) is 5.41 Å². The molecule has 1 aromatic rings. The van der Waals surface area contributed by atoms with Gasteiger partial charge in [0.05, 0.1) is 6.54 Å². The highest BCUT2D eigenvalue weighted by Gasteiger charge is 2.42. The monoisotopic (exact) mass is 246 g/mol. The molecule has 1 amide bonds. The molecule has 1 fully saturated rings. The summed E-state index contributed by atoms with van der Waals surface area (Å²) >= 11 is 0. The largest absolute Gasteiger partial charge is 0.351 e. The Morgan fingerprint density at radius 1 is 1.33 bits per heavy atom. The molecule has 0 spiro atoms. The van der Waals surface area contributed by atoms with Crippen LogP contribution in [-0.2, 0) is 11.3 Å². The second kappa shape index (κ2) is 5.53. The van der Waals surface area contributed by atoms with E-state index in [0.717, 1.165) is 5.56 Å². The van der Waals surface area contributed by atoms with Crippen molar-refractivity contribution in [1.82, 2.24) is 10.6 Å². The van der Waals surface area contributed by atoms with Crippen LogP contribution in [0.25, 0.3) is 0 Å². The Morgan fingerprint density at radius 2 is 2.00 bits per heavy atom. The van der Waals surface area contributed by atoms with E-state index >= 15 is 0 Å². The number of carbonyl (C=O) groups is 1. The SMILES string of the molecule is CC(NCC(=O)NCc1ccccc1)C1(C)CC1. The molecular formula is C15H22N2O. The van der Waals surface area contributed by atoms with Crippen molar-refractivity contribution in [3.63, 3.8) is 0 Å². The van der Waals surface area contributed by atoms with Crippen molar-refractivity contribution in [3.8, 4) is 0 Å². The molecule has 0 heterocycles. The third-order valence-electron chi connectivity index (χ3n) is 3.99. The molecule has 1 atom stereocenters. The van der Waals surface area contributed by atoms with Crippen LogP contribution in [-0.4, -0.2) is 18.5 Å². The summed E-state index contributed by atoms with van der Waals surface area (Å²) in [5.74, 6) is 0.0648. The minimum absolute atomic E-state index is 0.0648. The lowest BCUT2D eigenvalue weighted by Crippen LogP contribution is -2.41. The van der Waals surface area contributed by atoms with Gasteiger partial charge in [-0.3, -0.25) is 4.79 Å². The first kappa shape index (κ1) is 13.1. The van der Waals surface area contributed by atoms with Crippen LogP contribution < -0.4 is 10.6 Å². The third-order valence-corrected chi connectivity index (χ3v) is 3.99. The van der Waals surface area contributed by atoms with Crippen LogP contribution in [0.4, 0.5) is 0 Å². The summed E-state index contributed by atoms with van der Waals surface area (Å²) in [4.78, 5) is 11.7. The fourth-order valence-corrected chi connectivity index (χ4v) is 1.98. The van der Waals surface area contributed by atoms with Crippen LogP contribution in [0.1, 0.15) is 32.3 Å². The average Bonchev–Trinajstić information content (AvgIpc) is 3.14. The van der Waals surface area contributed by atoms with Crippen molar-refractivity contribution < 1.29 is 4.79 Å². The zero-order valence-electron chi connectivity index (χ0n) is 11.2. The number of hydrogen-bond donors (Lipinski definition) is 2. The third kappa shape index (κ3) is 3.57. The lowest BCUT2D eigenvalue weighted by atomic mass is 10.0. The van der Waals surface area contributed by atoms with Crippen molar-refractivity contribution in [2.45, 2.75) is 39.3 Å². The summed E-state index contributed by atoms with van der Waals surface area (Å²) in [6, 6.07) is 10.4. The van der Waals surface area contributed by atoms with Crippen LogP contribution >= 0.6 is 0 Å². The zero-order chi connectivity index (χ0) is 13.0. The molecule has 0 aliphatic heterocycles. The first-order chi connectivity index (χ1) is 8.60. The van der Waals surface area contributed by atoms with Crippen LogP contribution in [0.2, 0.25) is 0 Å². The molecule has 3 nitrogen and oxygen atoms in total. The van der Waals surface area contributed by atoms with Crippen molar-refractivity contribution in [3.05, 3.63) is 35.9 Å². The normalized spacial score (nSPS) is 18.1. The molecule has 0 saturated heterocycles. The van der Waals surface area contributed by atoms with Gasteiger partial charge in [-0.25, -0.2) is 0 Å². The minimum Gasteiger partial charge on any atom is -0.351 e. The summed E-state index contributed by atoms with van der Waals surface area (Å²) in [7, 11) is 0. The van der Waals surface area contributed by atoms with Crippen LogP contribution in [0, 0.1) is 5.41 Å². The predicted molar refractivity (Wildman–Crippen MR) is 73.1 cm³/mol. The standard InChI is InChI=1S/C15H22N2O/c1-12(15(2)8-9-15)16-11-14(18)17-10-13-6-4-3-5-7-13/h3-7,12,16H,8-11H2,1-2H3,(H,17,18). The highest BCUT2D eigenvalue weighted by atomic mass is 16.1. The smallest absolute Gasteiger partial charge is 0.234 e. The molecule has 98 valence electrons. The number of rotatable bonds is 6. The van der Waals surface area contributed by atoms with Gasteiger partial charge in [-0.2, -0.15) is 0 Å². The van der Waals surface area contributed by atoms with Crippen molar-refractivity contribution in [1.29, 1.82) is 0 Å². The molecule has 0 radical (unpaired) electrons. The zero-order valence-corrected chi connectivity index (χ0v) is 11.2. The van der Waals surface area contributed by atoms with E-state index in [0.29, 0.717) is 24.5 Å². The molecule has 3 heteroatoms. The topological polar surface area (TPSA) is 41.1 Å². The molecule has 1 aliphatic carbocycles. The van der Waals surface area contributed by atoms with Crippen molar-refractivity contribution in [2.75, 3.05) is 6.54 Å². The lowest BCUT2D eigenvalue weighted by Gasteiger charge is -2.20. The summed E-state index contributed by atoms with van der Waals surface area (Å²) in [6.45, 7) is 5.45. The van der Waals surface area contributed by atoms with Gasteiger partial charge in [0.1, 0.15) is 0 Å². The van der Waals surface area contributed by atoms with E-state index in [9.17, 15) is 4.79 Å². The Bertz CT molecular complexity index is 398. The van der Waals surface area contributed by atoms with E-state index in [1.54, 1.807) is 0 Å². The second-order valence-electron chi connectivity index (χ2n) is 5.52. The van der Waals surface area contributed by atoms with Gasteiger partial charge >= 0.3 is 0 Å². The summed E-state index contributed by atoms with van der Waals surface area (Å²) in [5, 5.41) is 6.23. The second-order valence-corrected chi connectivity index (χ2v) is 5.52. The number of carbonyl (C=O) groups excluding carboxylic acids is 1. The first-order valence-electron chi connectivity index (χ1n) is 6.64. The Morgan fingerprint density at radius 3 is 2.61 bits per heavy atom. The maximum absolute atomic E-state index is 11.7. The number of benzene rings is 1. The van der Waals surface area contributed by atoms with Crippen LogP contribution in [0.5, 0.6) is 0 Å². The molecule has 1 aliphatic rings. The van der Waals surface area contributed by atoms with E-state index in [2.05, 4.69) is 24.5 Å². The average molecular weight is 246 g/mol. The molecule has 2 N–H and O–H groups in total. The Labute approximate surface area is 109 Å². The van der Waals surface area contributed by atoms with E-state index in [-0.39, 0.29) is 5.91 Å². The van der Waals surface area contributed by atoms with Gasteiger partial charge in [0.2, 0.25) is 5.91 Å². The van der Waals surface area contributed by atoms with Crippen molar-refractivity contribution >= 4 is 5.91 Å².